The second-order valence-electron chi connectivity index (χ2n) is 7.15. The van der Waals surface area contributed by atoms with Gasteiger partial charge in [-0.05, 0) is 13.8 Å². The number of methoxy groups -OCH3 is 1. The largest absolute Gasteiger partial charge is 0.467 e. The summed E-state index contributed by atoms with van der Waals surface area (Å²) in [4.78, 5) is 50.6. The van der Waals surface area contributed by atoms with E-state index in [1.807, 2.05) is 20.8 Å². The molecule has 1 fully saturated rings. The van der Waals surface area contributed by atoms with Gasteiger partial charge >= 0.3 is 17.9 Å². The molecule has 0 bridgehead atoms. The topological polar surface area (TPSA) is 108 Å². The van der Waals surface area contributed by atoms with E-state index in [0.717, 1.165) is 0 Å². The quantitative estimate of drug-likeness (QED) is 0.360. The van der Waals surface area contributed by atoms with Crippen LogP contribution in [0.2, 0.25) is 0 Å². The van der Waals surface area contributed by atoms with Crippen molar-refractivity contribution in [2.75, 3.05) is 26.9 Å². The van der Waals surface area contributed by atoms with Crippen molar-refractivity contribution in [1.29, 1.82) is 0 Å². The Kier molecular flexibility index (Phi) is 8.20. The molecule has 0 aromatic rings. The van der Waals surface area contributed by atoms with Crippen LogP contribution in [0.15, 0.2) is 0 Å². The summed E-state index contributed by atoms with van der Waals surface area (Å²) in [7, 11) is 1.22. The zero-order chi connectivity index (χ0) is 20.8. The van der Waals surface area contributed by atoms with Gasteiger partial charge in [0.2, 0.25) is 5.91 Å². The van der Waals surface area contributed by atoms with E-state index < -0.39 is 53.8 Å². The van der Waals surface area contributed by atoms with Crippen LogP contribution >= 0.6 is 0 Å². The molecule has 0 aromatic heterocycles. The van der Waals surface area contributed by atoms with Gasteiger partial charge < -0.3 is 18.9 Å². The molecule has 0 N–H and O–H groups in total. The van der Waals surface area contributed by atoms with E-state index in [4.69, 9.17) is 18.9 Å². The molecule has 1 aliphatic heterocycles. The molecule has 9 heteroatoms. The molecular weight excluding hydrogens is 358 g/mol. The van der Waals surface area contributed by atoms with E-state index in [9.17, 15) is 19.2 Å². The number of esters is 3. The molecule has 154 valence electrons. The maximum absolute atomic E-state index is 13.0. The molecule has 2 atom stereocenters. The molecule has 0 saturated carbocycles. The lowest BCUT2D eigenvalue weighted by atomic mass is 9.92. The summed E-state index contributed by atoms with van der Waals surface area (Å²) in [5.74, 6) is -4.30. The van der Waals surface area contributed by atoms with Crippen molar-refractivity contribution in [3.63, 3.8) is 0 Å². The molecule has 0 aliphatic carbocycles. The summed E-state index contributed by atoms with van der Waals surface area (Å²) in [6, 6.07) is -0.947. The number of rotatable bonds is 7. The van der Waals surface area contributed by atoms with Gasteiger partial charge in [-0.1, -0.05) is 20.8 Å². The predicted molar refractivity (Wildman–Crippen MR) is 93.2 cm³/mol. The lowest BCUT2D eigenvalue weighted by Crippen LogP contribution is -2.51. The van der Waals surface area contributed by atoms with E-state index in [0.29, 0.717) is 0 Å². The first-order valence-corrected chi connectivity index (χ1v) is 8.92. The standard InChI is InChI=1S/C18H29NO8/c1-7-25-14(21)11(15(22)26-8-2)9-13(20)19-12(16(23)24-6)10-27-17(19)18(3,4)5/h11-12,17H,7-10H2,1-6H3/t12-,17+/m0/s1. The van der Waals surface area contributed by atoms with Gasteiger partial charge in [-0.15, -0.1) is 0 Å². The highest BCUT2D eigenvalue weighted by molar-refractivity contribution is 5.99. The van der Waals surface area contributed by atoms with E-state index in [1.165, 1.54) is 12.0 Å². The second-order valence-corrected chi connectivity index (χ2v) is 7.15. The van der Waals surface area contributed by atoms with Gasteiger partial charge in [0.1, 0.15) is 6.23 Å². The molecule has 27 heavy (non-hydrogen) atoms. The fourth-order valence-electron chi connectivity index (χ4n) is 2.82. The van der Waals surface area contributed by atoms with Crippen molar-refractivity contribution in [2.45, 2.75) is 53.3 Å². The molecule has 9 nitrogen and oxygen atoms in total. The molecule has 1 rings (SSSR count). The Bertz CT molecular complexity index is 550. The Balaban J connectivity index is 3.11. The SMILES string of the molecule is CCOC(=O)C(CC(=O)N1[C@H](C(=O)OC)CO[C@@H]1C(C)(C)C)C(=O)OCC. The van der Waals surface area contributed by atoms with Gasteiger partial charge in [-0.3, -0.25) is 19.3 Å². The minimum atomic E-state index is -1.41. The highest BCUT2D eigenvalue weighted by Crippen LogP contribution is 2.33. The molecule has 1 saturated heterocycles. The maximum atomic E-state index is 13.0. The third-order valence-electron chi connectivity index (χ3n) is 4.02. The van der Waals surface area contributed by atoms with E-state index in [1.54, 1.807) is 13.8 Å². The van der Waals surface area contributed by atoms with Crippen LogP contribution < -0.4 is 0 Å². The Morgan fingerprint density at radius 2 is 1.59 bits per heavy atom. The van der Waals surface area contributed by atoms with Crippen molar-refractivity contribution in [2.24, 2.45) is 11.3 Å². The third-order valence-corrected chi connectivity index (χ3v) is 4.02. The summed E-state index contributed by atoms with van der Waals surface area (Å²) in [6.45, 7) is 8.85. The fraction of sp³-hybridized carbons (Fsp3) is 0.778. The molecule has 0 spiro atoms. The van der Waals surface area contributed by atoms with Gasteiger partial charge in [0.15, 0.2) is 12.0 Å². The van der Waals surface area contributed by atoms with E-state index in [-0.39, 0.29) is 19.8 Å². The Labute approximate surface area is 159 Å². The predicted octanol–water partition coefficient (Wildman–Crippen LogP) is 0.892. The van der Waals surface area contributed by atoms with E-state index in [2.05, 4.69) is 0 Å². The van der Waals surface area contributed by atoms with E-state index >= 15 is 0 Å². The summed E-state index contributed by atoms with van der Waals surface area (Å²) in [6.07, 6.45) is -1.19. The number of nitrogens with zero attached hydrogens (tertiary/aromatic N) is 1. The number of carbonyl (C=O) groups excluding carboxylic acids is 4. The molecular formula is C18H29NO8. The van der Waals surface area contributed by atoms with Gasteiger partial charge in [-0.2, -0.15) is 0 Å². The number of hydrogen-bond acceptors (Lipinski definition) is 8. The molecule has 0 unspecified atom stereocenters. The smallest absolute Gasteiger partial charge is 0.331 e. The summed E-state index contributed by atoms with van der Waals surface area (Å²) in [5.41, 5.74) is -0.498. The minimum absolute atomic E-state index is 0.0240. The number of ether oxygens (including phenoxy) is 4. The molecule has 0 radical (unpaired) electrons. The third kappa shape index (κ3) is 5.66. The Morgan fingerprint density at radius 1 is 1.07 bits per heavy atom. The van der Waals surface area contributed by atoms with Crippen LogP contribution in [0, 0.1) is 11.3 Å². The first-order valence-electron chi connectivity index (χ1n) is 8.92. The maximum Gasteiger partial charge on any atom is 0.331 e. The molecule has 1 amide bonds. The molecule has 1 heterocycles. The van der Waals surface area contributed by atoms with Gasteiger partial charge in [0.25, 0.3) is 0 Å². The lowest BCUT2D eigenvalue weighted by molar-refractivity contribution is -0.166. The zero-order valence-corrected chi connectivity index (χ0v) is 16.8. The first-order chi connectivity index (χ1) is 12.6. The van der Waals surface area contributed by atoms with Gasteiger partial charge in [0.05, 0.1) is 33.4 Å². The average molecular weight is 387 g/mol. The molecule has 1 aliphatic rings. The van der Waals surface area contributed by atoms with Crippen LogP contribution in [-0.4, -0.2) is 67.9 Å². The summed E-state index contributed by atoms with van der Waals surface area (Å²) < 4.78 is 20.2. The highest BCUT2D eigenvalue weighted by Gasteiger charge is 2.48. The number of hydrogen-bond donors (Lipinski definition) is 0. The fourth-order valence-corrected chi connectivity index (χ4v) is 2.82. The normalized spacial score (nSPS) is 19.7. The summed E-state index contributed by atoms with van der Waals surface area (Å²) in [5, 5.41) is 0. The van der Waals surface area contributed by atoms with Gasteiger partial charge in [0, 0.05) is 5.41 Å². The highest BCUT2D eigenvalue weighted by atomic mass is 16.6. The molecule has 0 aromatic carbocycles. The van der Waals surface area contributed by atoms with Crippen molar-refractivity contribution in [1.82, 2.24) is 4.90 Å². The van der Waals surface area contributed by atoms with Crippen molar-refractivity contribution >= 4 is 23.8 Å². The van der Waals surface area contributed by atoms with Crippen molar-refractivity contribution in [3.8, 4) is 0 Å². The summed E-state index contributed by atoms with van der Waals surface area (Å²) >= 11 is 0. The van der Waals surface area contributed by atoms with Gasteiger partial charge in [-0.25, -0.2) is 4.79 Å². The average Bonchev–Trinajstić information content (AvgIpc) is 3.04. The van der Waals surface area contributed by atoms with Crippen molar-refractivity contribution < 1.29 is 38.1 Å². The monoisotopic (exact) mass is 387 g/mol. The van der Waals surface area contributed by atoms with Crippen LogP contribution in [0.4, 0.5) is 0 Å². The Hall–Kier alpha value is -2.16. The minimum Gasteiger partial charge on any atom is -0.467 e. The Morgan fingerprint density at radius 3 is 2.00 bits per heavy atom. The number of amides is 1. The second kappa shape index (κ2) is 9.68. The lowest BCUT2D eigenvalue weighted by Gasteiger charge is -2.35. The first kappa shape index (κ1) is 22.9. The van der Waals surface area contributed by atoms with Crippen LogP contribution in [0.3, 0.4) is 0 Å². The van der Waals surface area contributed by atoms with Crippen LogP contribution in [0.5, 0.6) is 0 Å². The van der Waals surface area contributed by atoms with Crippen LogP contribution in [0.25, 0.3) is 0 Å². The van der Waals surface area contributed by atoms with Crippen LogP contribution in [0.1, 0.15) is 41.0 Å². The zero-order valence-electron chi connectivity index (χ0n) is 16.8. The number of carbonyl (C=O) groups is 4. The van der Waals surface area contributed by atoms with Crippen molar-refractivity contribution in [3.05, 3.63) is 0 Å². The van der Waals surface area contributed by atoms with Crippen LogP contribution in [-0.2, 0) is 38.1 Å².